The van der Waals surface area contributed by atoms with Gasteiger partial charge in [-0.25, -0.2) is 4.98 Å². The molecule has 0 aromatic carbocycles. The fourth-order valence-electron chi connectivity index (χ4n) is 2.23. The molecule has 1 fully saturated rings. The SMILES string of the molecule is CN1CCCCC1CNCCc1ncn[nH]1. The summed E-state index contributed by atoms with van der Waals surface area (Å²) < 4.78 is 0. The fraction of sp³-hybridized carbons (Fsp3) is 0.818. The molecule has 2 N–H and O–H groups in total. The van der Waals surface area contributed by atoms with Crippen LogP contribution in [0.3, 0.4) is 0 Å². The molecule has 5 heteroatoms. The van der Waals surface area contributed by atoms with Crippen LogP contribution in [0.1, 0.15) is 25.1 Å². The van der Waals surface area contributed by atoms with Gasteiger partial charge in [-0.15, -0.1) is 0 Å². The maximum absolute atomic E-state index is 4.10. The van der Waals surface area contributed by atoms with Crippen LogP contribution >= 0.6 is 0 Å². The third kappa shape index (κ3) is 3.28. The van der Waals surface area contributed by atoms with Crippen molar-refractivity contribution in [3.63, 3.8) is 0 Å². The zero-order chi connectivity index (χ0) is 11.2. The van der Waals surface area contributed by atoms with Crippen LogP contribution in [-0.2, 0) is 6.42 Å². The fourth-order valence-corrected chi connectivity index (χ4v) is 2.23. The zero-order valence-corrected chi connectivity index (χ0v) is 9.95. The van der Waals surface area contributed by atoms with Crippen molar-refractivity contribution in [2.75, 3.05) is 26.7 Å². The molecule has 0 aliphatic carbocycles. The molecule has 1 saturated heterocycles. The highest BCUT2D eigenvalue weighted by atomic mass is 15.2. The third-order valence-corrected chi connectivity index (χ3v) is 3.30. The minimum Gasteiger partial charge on any atom is -0.315 e. The lowest BCUT2D eigenvalue weighted by molar-refractivity contribution is 0.182. The maximum atomic E-state index is 4.10. The number of nitrogens with one attached hydrogen (secondary N) is 2. The van der Waals surface area contributed by atoms with Gasteiger partial charge in [0.25, 0.3) is 0 Å². The molecule has 5 nitrogen and oxygen atoms in total. The van der Waals surface area contributed by atoms with E-state index in [0.29, 0.717) is 6.04 Å². The number of hydrogen-bond donors (Lipinski definition) is 2. The summed E-state index contributed by atoms with van der Waals surface area (Å²) in [5.74, 6) is 0.962. The van der Waals surface area contributed by atoms with Crippen LogP contribution in [0.25, 0.3) is 0 Å². The number of aromatic nitrogens is 3. The van der Waals surface area contributed by atoms with Crippen molar-refractivity contribution < 1.29 is 0 Å². The smallest absolute Gasteiger partial charge is 0.137 e. The van der Waals surface area contributed by atoms with E-state index in [0.717, 1.165) is 25.3 Å². The van der Waals surface area contributed by atoms with Crippen molar-refractivity contribution in [3.8, 4) is 0 Å². The molecule has 2 heterocycles. The lowest BCUT2D eigenvalue weighted by Crippen LogP contribution is -2.43. The maximum Gasteiger partial charge on any atom is 0.137 e. The van der Waals surface area contributed by atoms with E-state index >= 15 is 0 Å². The second-order valence-electron chi connectivity index (χ2n) is 4.52. The van der Waals surface area contributed by atoms with Gasteiger partial charge >= 0.3 is 0 Å². The Labute approximate surface area is 96.6 Å². The molecule has 1 aliphatic rings. The first-order valence-corrected chi connectivity index (χ1v) is 6.11. The lowest BCUT2D eigenvalue weighted by Gasteiger charge is -2.32. The van der Waals surface area contributed by atoms with Crippen LogP contribution in [0.5, 0.6) is 0 Å². The van der Waals surface area contributed by atoms with Crippen LogP contribution in [0.15, 0.2) is 6.33 Å². The topological polar surface area (TPSA) is 56.8 Å². The van der Waals surface area contributed by atoms with Crippen LogP contribution in [-0.4, -0.2) is 52.8 Å². The number of H-pyrrole nitrogens is 1. The van der Waals surface area contributed by atoms with Crippen molar-refractivity contribution in [1.29, 1.82) is 0 Å². The van der Waals surface area contributed by atoms with Gasteiger partial charge in [0.2, 0.25) is 0 Å². The van der Waals surface area contributed by atoms with Gasteiger partial charge in [0.05, 0.1) is 0 Å². The number of piperidine rings is 1. The Morgan fingerprint density at radius 3 is 3.25 bits per heavy atom. The van der Waals surface area contributed by atoms with Crippen LogP contribution < -0.4 is 5.32 Å². The first-order chi connectivity index (χ1) is 7.86. The van der Waals surface area contributed by atoms with E-state index in [-0.39, 0.29) is 0 Å². The van der Waals surface area contributed by atoms with E-state index in [1.807, 2.05) is 0 Å². The molecule has 16 heavy (non-hydrogen) atoms. The first-order valence-electron chi connectivity index (χ1n) is 6.11. The predicted molar refractivity (Wildman–Crippen MR) is 63.2 cm³/mol. The molecule has 1 aliphatic heterocycles. The average molecular weight is 223 g/mol. The quantitative estimate of drug-likeness (QED) is 0.710. The lowest BCUT2D eigenvalue weighted by atomic mass is 10.0. The summed E-state index contributed by atoms with van der Waals surface area (Å²) >= 11 is 0. The summed E-state index contributed by atoms with van der Waals surface area (Å²) in [6.07, 6.45) is 6.54. The van der Waals surface area contributed by atoms with Crippen molar-refractivity contribution >= 4 is 0 Å². The summed E-state index contributed by atoms with van der Waals surface area (Å²) in [5, 5.41) is 10.2. The Bertz CT molecular complexity index is 285. The number of nitrogens with zero attached hydrogens (tertiary/aromatic N) is 3. The molecule has 1 unspecified atom stereocenters. The molecular formula is C11H21N5. The molecule has 0 spiro atoms. The molecule has 1 aromatic heterocycles. The highest BCUT2D eigenvalue weighted by Gasteiger charge is 2.17. The molecule has 0 bridgehead atoms. The first kappa shape index (κ1) is 11.5. The van der Waals surface area contributed by atoms with Gasteiger partial charge in [0, 0.05) is 25.6 Å². The van der Waals surface area contributed by atoms with Gasteiger partial charge in [-0.1, -0.05) is 6.42 Å². The van der Waals surface area contributed by atoms with Gasteiger partial charge in [-0.3, -0.25) is 5.10 Å². The highest BCUT2D eigenvalue weighted by molar-refractivity contribution is 4.82. The Morgan fingerprint density at radius 2 is 2.50 bits per heavy atom. The van der Waals surface area contributed by atoms with Crippen molar-refractivity contribution in [2.24, 2.45) is 0 Å². The highest BCUT2D eigenvalue weighted by Crippen LogP contribution is 2.13. The number of likely N-dealkylation sites (N-methyl/N-ethyl adjacent to an activating group) is 1. The number of aromatic amines is 1. The summed E-state index contributed by atoms with van der Waals surface area (Å²) in [6.45, 7) is 3.30. The van der Waals surface area contributed by atoms with Gasteiger partial charge in [0.1, 0.15) is 12.2 Å². The Morgan fingerprint density at radius 1 is 1.56 bits per heavy atom. The molecular weight excluding hydrogens is 202 g/mol. The van der Waals surface area contributed by atoms with Crippen molar-refractivity contribution in [1.82, 2.24) is 25.4 Å². The molecule has 0 saturated carbocycles. The number of rotatable bonds is 5. The van der Waals surface area contributed by atoms with E-state index in [1.165, 1.54) is 25.8 Å². The Balaban J connectivity index is 1.60. The summed E-state index contributed by atoms with van der Waals surface area (Å²) in [6, 6.07) is 0.712. The van der Waals surface area contributed by atoms with Gasteiger partial charge in [-0.2, -0.15) is 5.10 Å². The standard InChI is InChI=1S/C11H21N5/c1-16-7-3-2-4-10(16)8-12-6-5-11-13-9-14-15-11/h9-10,12H,2-8H2,1H3,(H,13,14,15). The van der Waals surface area contributed by atoms with Crippen molar-refractivity contribution in [2.45, 2.75) is 31.7 Å². The number of hydrogen-bond acceptors (Lipinski definition) is 4. The van der Waals surface area contributed by atoms with Crippen LogP contribution in [0, 0.1) is 0 Å². The van der Waals surface area contributed by atoms with Gasteiger partial charge in [-0.05, 0) is 26.4 Å². The van der Waals surface area contributed by atoms with E-state index in [2.05, 4.69) is 32.4 Å². The second kappa shape index (κ2) is 5.96. The summed E-state index contributed by atoms with van der Waals surface area (Å²) in [4.78, 5) is 6.56. The van der Waals surface area contributed by atoms with E-state index < -0.39 is 0 Å². The van der Waals surface area contributed by atoms with E-state index in [4.69, 9.17) is 0 Å². The van der Waals surface area contributed by atoms with Crippen LogP contribution in [0.2, 0.25) is 0 Å². The molecule has 1 aromatic rings. The van der Waals surface area contributed by atoms with Crippen LogP contribution in [0.4, 0.5) is 0 Å². The average Bonchev–Trinajstić information content (AvgIpc) is 2.79. The van der Waals surface area contributed by atoms with E-state index in [9.17, 15) is 0 Å². The third-order valence-electron chi connectivity index (χ3n) is 3.30. The predicted octanol–water partition coefficient (Wildman–Crippen LogP) is 0.421. The Kier molecular flexibility index (Phi) is 4.30. The Hall–Kier alpha value is -0.940. The molecule has 0 radical (unpaired) electrons. The second-order valence-corrected chi connectivity index (χ2v) is 4.52. The summed E-state index contributed by atoms with van der Waals surface area (Å²) in [5.41, 5.74) is 0. The number of likely N-dealkylation sites (tertiary alicyclic amines) is 1. The monoisotopic (exact) mass is 223 g/mol. The van der Waals surface area contributed by atoms with Gasteiger partial charge in [0.15, 0.2) is 0 Å². The minimum absolute atomic E-state index is 0.712. The van der Waals surface area contributed by atoms with Gasteiger partial charge < -0.3 is 10.2 Å². The molecule has 0 amide bonds. The molecule has 90 valence electrons. The largest absolute Gasteiger partial charge is 0.315 e. The molecule has 1 atom stereocenters. The summed E-state index contributed by atoms with van der Waals surface area (Å²) in [7, 11) is 2.22. The minimum atomic E-state index is 0.712. The molecule has 2 rings (SSSR count). The van der Waals surface area contributed by atoms with Crippen molar-refractivity contribution in [3.05, 3.63) is 12.2 Å². The normalized spacial score (nSPS) is 22.4. The van der Waals surface area contributed by atoms with E-state index in [1.54, 1.807) is 6.33 Å². The zero-order valence-electron chi connectivity index (χ0n) is 9.95.